The Hall–Kier alpha value is -3.24. The maximum Gasteiger partial charge on any atom is 0.249 e. The van der Waals surface area contributed by atoms with Crippen molar-refractivity contribution in [3.8, 4) is 0 Å². The minimum Gasteiger partial charge on any atom is -0.394 e. The first kappa shape index (κ1) is 39.2. The first-order chi connectivity index (χ1) is 22.6. The number of rotatable bonds is 13. The van der Waals surface area contributed by atoms with E-state index in [9.17, 15) is 24.3 Å². The molecule has 0 aliphatic carbocycles. The maximum atomic E-state index is 14.2. The highest BCUT2D eigenvalue weighted by Crippen LogP contribution is 2.27. The predicted octanol–water partition coefficient (Wildman–Crippen LogP) is 3.92. The van der Waals surface area contributed by atoms with Gasteiger partial charge in [-0.15, -0.1) is 0 Å². The predicted molar refractivity (Wildman–Crippen MR) is 190 cm³/mol. The van der Waals surface area contributed by atoms with Gasteiger partial charge in [-0.25, -0.2) is 0 Å². The minimum absolute atomic E-state index is 0.0197. The van der Waals surface area contributed by atoms with Crippen molar-refractivity contribution in [1.82, 2.24) is 25.3 Å². The molecule has 5 atom stereocenters. The van der Waals surface area contributed by atoms with E-state index in [1.165, 1.54) is 0 Å². The molecule has 4 amide bonds. The van der Waals surface area contributed by atoms with E-state index in [0.29, 0.717) is 31.4 Å². The summed E-state index contributed by atoms with van der Waals surface area (Å²) in [6.45, 7) is 16.9. The van der Waals surface area contributed by atoms with Crippen LogP contribution in [0.3, 0.4) is 0 Å². The average molecular weight is 668 g/mol. The zero-order valence-electron chi connectivity index (χ0n) is 30.8. The Morgan fingerprint density at radius 3 is 2.15 bits per heavy atom. The number of aliphatic hydroxyl groups is 1. The molecular weight excluding hydrogens is 606 g/mol. The lowest BCUT2D eigenvalue weighted by Crippen LogP contribution is -2.60. The minimum atomic E-state index is -0.751. The lowest BCUT2D eigenvalue weighted by atomic mass is 9.84. The van der Waals surface area contributed by atoms with Crippen molar-refractivity contribution in [1.29, 1.82) is 0 Å². The molecule has 3 N–H and O–H groups in total. The van der Waals surface area contributed by atoms with Crippen LogP contribution in [0.4, 0.5) is 0 Å². The number of nitrogens with zero attached hydrogens (tertiary/aromatic N) is 3. The van der Waals surface area contributed by atoms with Crippen LogP contribution in [0.25, 0.3) is 0 Å². The SMILES string of the molecule is CC(=C[C@H](C(C)C)N(C)C(=O)[C@@H](NC(=O)[C@H]1CCCCN1C(C)C)C(C)(C)C)C(=O)N1CCC[C@H]1C(=O)N[C@H](CO)Cc1ccccc1. The van der Waals surface area contributed by atoms with Crippen LogP contribution in [0, 0.1) is 11.3 Å². The highest BCUT2D eigenvalue weighted by molar-refractivity contribution is 5.97. The largest absolute Gasteiger partial charge is 0.394 e. The summed E-state index contributed by atoms with van der Waals surface area (Å²) in [5.41, 5.74) is 0.924. The third-order valence-electron chi connectivity index (χ3n) is 9.85. The molecule has 2 saturated heterocycles. The van der Waals surface area contributed by atoms with Crippen LogP contribution in [0.15, 0.2) is 42.0 Å². The molecule has 0 spiro atoms. The van der Waals surface area contributed by atoms with E-state index in [1.54, 1.807) is 23.8 Å². The Balaban J connectivity index is 1.75. The van der Waals surface area contributed by atoms with Gasteiger partial charge in [0.15, 0.2) is 0 Å². The Labute approximate surface area is 288 Å². The van der Waals surface area contributed by atoms with Crippen LogP contribution in [0.5, 0.6) is 0 Å². The van der Waals surface area contributed by atoms with Gasteiger partial charge in [-0.3, -0.25) is 24.1 Å². The van der Waals surface area contributed by atoms with Gasteiger partial charge in [0, 0.05) is 25.2 Å². The van der Waals surface area contributed by atoms with Crippen molar-refractivity contribution < 1.29 is 24.3 Å². The van der Waals surface area contributed by atoms with Gasteiger partial charge in [0.05, 0.1) is 24.7 Å². The summed E-state index contributed by atoms with van der Waals surface area (Å²) < 4.78 is 0. The Kier molecular flexibility index (Phi) is 14.2. The van der Waals surface area contributed by atoms with E-state index in [2.05, 4.69) is 29.4 Å². The number of hydrogen-bond acceptors (Lipinski definition) is 6. The molecule has 0 bridgehead atoms. The molecule has 48 heavy (non-hydrogen) atoms. The van der Waals surface area contributed by atoms with Crippen LogP contribution in [0.1, 0.15) is 93.1 Å². The highest BCUT2D eigenvalue weighted by atomic mass is 16.3. The van der Waals surface area contributed by atoms with E-state index in [-0.39, 0.29) is 48.2 Å². The average Bonchev–Trinajstić information content (AvgIpc) is 3.54. The second-order valence-corrected chi connectivity index (χ2v) is 15.4. The van der Waals surface area contributed by atoms with Crippen molar-refractivity contribution in [2.24, 2.45) is 11.3 Å². The molecule has 0 radical (unpaired) electrons. The number of likely N-dealkylation sites (N-methyl/N-ethyl adjacent to an activating group) is 1. The fourth-order valence-electron chi connectivity index (χ4n) is 7.04. The second kappa shape index (κ2) is 17.4. The number of amides is 4. The van der Waals surface area contributed by atoms with Gasteiger partial charge in [0.1, 0.15) is 12.1 Å². The van der Waals surface area contributed by atoms with E-state index >= 15 is 0 Å². The number of benzene rings is 1. The number of likely N-dealkylation sites (tertiary alicyclic amines) is 2. The van der Waals surface area contributed by atoms with Gasteiger partial charge >= 0.3 is 0 Å². The fourth-order valence-corrected chi connectivity index (χ4v) is 7.04. The zero-order chi connectivity index (χ0) is 35.8. The van der Waals surface area contributed by atoms with Crippen LogP contribution in [0.2, 0.25) is 0 Å². The van der Waals surface area contributed by atoms with Crippen molar-refractivity contribution in [2.75, 3.05) is 26.7 Å². The molecule has 10 nitrogen and oxygen atoms in total. The smallest absolute Gasteiger partial charge is 0.249 e. The number of hydrogen-bond donors (Lipinski definition) is 3. The summed E-state index contributed by atoms with van der Waals surface area (Å²) in [7, 11) is 1.74. The van der Waals surface area contributed by atoms with Gasteiger partial charge in [0.2, 0.25) is 23.6 Å². The Morgan fingerprint density at radius 1 is 0.938 bits per heavy atom. The number of carbonyl (C=O) groups excluding carboxylic acids is 4. The quantitative estimate of drug-likeness (QED) is 0.274. The molecular formula is C38H61N5O5. The number of carbonyl (C=O) groups is 4. The summed E-state index contributed by atoms with van der Waals surface area (Å²) >= 11 is 0. The molecule has 1 aromatic carbocycles. The summed E-state index contributed by atoms with van der Waals surface area (Å²) in [5, 5.41) is 16.1. The Bertz CT molecular complexity index is 1270. The van der Waals surface area contributed by atoms with Gasteiger partial charge in [0.25, 0.3) is 0 Å². The number of nitrogens with one attached hydrogen (secondary N) is 2. The van der Waals surface area contributed by atoms with Gasteiger partial charge < -0.3 is 25.5 Å². The fraction of sp³-hybridized carbons (Fsp3) is 0.684. The van der Waals surface area contributed by atoms with Crippen LogP contribution >= 0.6 is 0 Å². The van der Waals surface area contributed by atoms with Gasteiger partial charge in [-0.1, -0.05) is 77.4 Å². The topological polar surface area (TPSA) is 122 Å². The lowest BCUT2D eigenvalue weighted by molar-refractivity contribution is -0.142. The molecule has 0 aromatic heterocycles. The molecule has 0 unspecified atom stereocenters. The Morgan fingerprint density at radius 2 is 1.56 bits per heavy atom. The molecule has 2 aliphatic rings. The monoisotopic (exact) mass is 667 g/mol. The highest BCUT2D eigenvalue weighted by Gasteiger charge is 2.40. The first-order valence-corrected chi connectivity index (χ1v) is 17.8. The van der Waals surface area contributed by atoms with E-state index in [4.69, 9.17) is 0 Å². The summed E-state index contributed by atoms with van der Waals surface area (Å²) in [6, 6.07) is 7.39. The van der Waals surface area contributed by atoms with Crippen molar-refractivity contribution in [3.05, 3.63) is 47.5 Å². The van der Waals surface area contributed by atoms with E-state index in [1.807, 2.05) is 71.0 Å². The first-order valence-electron chi connectivity index (χ1n) is 17.8. The van der Waals surface area contributed by atoms with Gasteiger partial charge in [-0.2, -0.15) is 0 Å². The van der Waals surface area contributed by atoms with Crippen LogP contribution < -0.4 is 10.6 Å². The molecule has 2 fully saturated rings. The number of aliphatic hydroxyl groups excluding tert-OH is 1. The molecule has 1 aromatic rings. The summed E-state index contributed by atoms with van der Waals surface area (Å²) in [6.07, 6.45) is 6.38. The third kappa shape index (κ3) is 10.1. The van der Waals surface area contributed by atoms with E-state index < -0.39 is 29.6 Å². The van der Waals surface area contributed by atoms with Crippen LogP contribution in [-0.4, -0.2) is 106 Å². The normalized spacial score (nSPS) is 21.2. The second-order valence-electron chi connectivity index (χ2n) is 15.4. The van der Waals surface area contributed by atoms with Crippen molar-refractivity contribution in [2.45, 2.75) is 130 Å². The number of piperidine rings is 1. The lowest BCUT2D eigenvalue weighted by Gasteiger charge is -2.41. The van der Waals surface area contributed by atoms with Crippen molar-refractivity contribution in [3.63, 3.8) is 0 Å². The van der Waals surface area contributed by atoms with Gasteiger partial charge in [-0.05, 0) is 76.3 Å². The zero-order valence-corrected chi connectivity index (χ0v) is 30.8. The van der Waals surface area contributed by atoms with Crippen LogP contribution in [-0.2, 0) is 25.6 Å². The summed E-state index contributed by atoms with van der Waals surface area (Å²) in [5.74, 6) is -0.846. The maximum absolute atomic E-state index is 14.2. The molecule has 10 heteroatoms. The molecule has 268 valence electrons. The molecule has 2 aliphatic heterocycles. The van der Waals surface area contributed by atoms with Crippen molar-refractivity contribution >= 4 is 23.6 Å². The molecule has 0 saturated carbocycles. The van der Waals surface area contributed by atoms with E-state index in [0.717, 1.165) is 31.4 Å². The molecule has 3 rings (SSSR count). The third-order valence-corrected chi connectivity index (χ3v) is 9.85. The standard InChI is InChI=1S/C38H61N5O5/c1-25(2)32(41(9)37(48)33(38(6,7)8)40-35(46)30-18-13-14-20-42(30)26(3)4)22-27(5)36(47)43-21-15-19-31(43)34(45)39-29(24-44)23-28-16-11-10-12-17-28/h10-12,16-17,22,25-26,29-33,44H,13-15,18-21,23-24H2,1-9H3,(H,39,45)(H,40,46)/t29-,30+,31-,32+,33+/m0/s1. The summed E-state index contributed by atoms with van der Waals surface area (Å²) in [4.78, 5) is 60.5. The molecule has 2 heterocycles.